The lowest BCUT2D eigenvalue weighted by molar-refractivity contribution is -0.0505. The first-order valence-electron chi connectivity index (χ1n) is 9.18. The topological polar surface area (TPSA) is 78.1 Å². The molecule has 2 amide bonds. The number of rotatable bonds is 6. The van der Waals surface area contributed by atoms with Crippen LogP contribution in [-0.2, 0) is 13.0 Å². The summed E-state index contributed by atoms with van der Waals surface area (Å²) in [5.74, 6) is 1.71. The van der Waals surface area contributed by atoms with E-state index in [9.17, 15) is 13.6 Å². The van der Waals surface area contributed by atoms with Gasteiger partial charge in [-0.15, -0.1) is 0 Å². The first kappa shape index (κ1) is 19.1. The van der Waals surface area contributed by atoms with Gasteiger partial charge in [0.1, 0.15) is 11.5 Å². The first-order chi connectivity index (χ1) is 14.1. The third-order valence-corrected chi connectivity index (χ3v) is 4.72. The maximum Gasteiger partial charge on any atom is 0.387 e. The van der Waals surface area contributed by atoms with E-state index in [4.69, 9.17) is 14.2 Å². The van der Waals surface area contributed by atoms with E-state index in [-0.39, 0.29) is 25.0 Å². The Hall–Kier alpha value is -3.23. The van der Waals surface area contributed by atoms with Gasteiger partial charge in [-0.2, -0.15) is 8.78 Å². The molecule has 1 atom stereocenters. The third-order valence-electron chi connectivity index (χ3n) is 4.72. The summed E-state index contributed by atoms with van der Waals surface area (Å²) in [5, 5.41) is 5.44. The summed E-state index contributed by atoms with van der Waals surface area (Å²) in [7, 11) is 0. The zero-order valence-electron chi connectivity index (χ0n) is 15.5. The van der Waals surface area contributed by atoms with E-state index in [1.165, 1.54) is 12.1 Å². The van der Waals surface area contributed by atoms with E-state index in [0.29, 0.717) is 30.2 Å². The number of urea groups is 1. The van der Waals surface area contributed by atoms with Gasteiger partial charge < -0.3 is 29.6 Å². The van der Waals surface area contributed by atoms with Crippen molar-refractivity contribution in [2.24, 2.45) is 5.92 Å². The zero-order valence-corrected chi connectivity index (χ0v) is 15.5. The average Bonchev–Trinajstić information content (AvgIpc) is 3.17. The predicted molar refractivity (Wildman–Crippen MR) is 98.6 cm³/mol. The molecule has 2 N–H and O–H groups in total. The standard InChI is InChI=1S/C20H20F2N2O5/c21-19(22)29-16-7-18-17(27-11-28-18)6-14(16)9-24-20(25)23-8-12-5-13-3-1-2-4-15(13)26-10-12/h1-4,6-7,12,19H,5,8-11H2,(H2,23,24,25). The molecule has 0 radical (unpaired) electrons. The summed E-state index contributed by atoms with van der Waals surface area (Å²) >= 11 is 0. The molecule has 2 heterocycles. The van der Waals surface area contributed by atoms with Crippen LogP contribution in [0, 0.1) is 5.92 Å². The van der Waals surface area contributed by atoms with E-state index >= 15 is 0 Å². The lowest BCUT2D eigenvalue weighted by atomic mass is 9.97. The largest absolute Gasteiger partial charge is 0.493 e. The monoisotopic (exact) mass is 406 g/mol. The highest BCUT2D eigenvalue weighted by Gasteiger charge is 2.22. The quantitative estimate of drug-likeness (QED) is 0.771. The van der Waals surface area contributed by atoms with E-state index in [2.05, 4.69) is 15.4 Å². The van der Waals surface area contributed by atoms with Gasteiger partial charge >= 0.3 is 12.6 Å². The molecule has 9 heteroatoms. The number of halogens is 2. The molecule has 0 bridgehead atoms. The molecule has 0 saturated carbocycles. The van der Waals surface area contributed by atoms with Crippen molar-refractivity contribution < 1.29 is 32.5 Å². The van der Waals surface area contributed by atoms with Crippen molar-refractivity contribution in [2.75, 3.05) is 19.9 Å². The maximum absolute atomic E-state index is 12.7. The van der Waals surface area contributed by atoms with Crippen LogP contribution in [0.25, 0.3) is 0 Å². The van der Waals surface area contributed by atoms with Crippen LogP contribution < -0.4 is 29.6 Å². The molecule has 2 aromatic carbocycles. The van der Waals surface area contributed by atoms with E-state index in [1.807, 2.05) is 24.3 Å². The summed E-state index contributed by atoms with van der Waals surface area (Å²) in [5.41, 5.74) is 1.47. The number of nitrogens with one attached hydrogen (secondary N) is 2. The number of benzene rings is 2. The molecule has 2 aliphatic heterocycles. The fourth-order valence-electron chi connectivity index (χ4n) is 3.31. The Morgan fingerprint density at radius 2 is 1.90 bits per heavy atom. The van der Waals surface area contributed by atoms with E-state index < -0.39 is 12.6 Å². The number of fused-ring (bicyclic) bond motifs is 2. The Labute approximate surface area is 165 Å². The molecule has 0 fully saturated rings. The molecule has 4 rings (SSSR count). The number of carbonyl (C=O) groups excluding carboxylic acids is 1. The molecule has 0 saturated heterocycles. The van der Waals surface area contributed by atoms with Crippen LogP contribution in [-0.4, -0.2) is 32.6 Å². The van der Waals surface area contributed by atoms with Crippen LogP contribution in [0.15, 0.2) is 36.4 Å². The number of alkyl halides is 2. The highest BCUT2D eigenvalue weighted by molar-refractivity contribution is 5.74. The molecule has 0 aromatic heterocycles. The first-order valence-corrected chi connectivity index (χ1v) is 9.18. The number of hydrogen-bond donors (Lipinski definition) is 2. The fraction of sp³-hybridized carbons (Fsp3) is 0.350. The summed E-state index contributed by atoms with van der Waals surface area (Å²) in [6.07, 6.45) is 0.811. The molecule has 2 aliphatic rings. The van der Waals surface area contributed by atoms with Gasteiger partial charge in [0.05, 0.1) is 6.61 Å². The fourth-order valence-corrected chi connectivity index (χ4v) is 3.31. The van der Waals surface area contributed by atoms with Crippen LogP contribution >= 0.6 is 0 Å². The number of carbonyl (C=O) groups is 1. The molecule has 0 aliphatic carbocycles. The van der Waals surface area contributed by atoms with Gasteiger partial charge in [0.2, 0.25) is 6.79 Å². The summed E-state index contributed by atoms with van der Waals surface area (Å²) in [6.45, 7) is -2.03. The molecule has 154 valence electrons. The van der Waals surface area contributed by atoms with Gasteiger partial charge in [0, 0.05) is 30.6 Å². The summed E-state index contributed by atoms with van der Waals surface area (Å²) in [4.78, 5) is 12.2. The second-order valence-electron chi connectivity index (χ2n) is 6.74. The van der Waals surface area contributed by atoms with E-state index in [1.54, 1.807) is 0 Å². The van der Waals surface area contributed by atoms with Crippen LogP contribution in [0.3, 0.4) is 0 Å². The average molecular weight is 406 g/mol. The molecule has 0 spiro atoms. The highest BCUT2D eigenvalue weighted by Crippen LogP contribution is 2.38. The van der Waals surface area contributed by atoms with Gasteiger partial charge in [-0.25, -0.2) is 4.79 Å². The van der Waals surface area contributed by atoms with Crippen LogP contribution in [0.1, 0.15) is 11.1 Å². The minimum absolute atomic E-state index is 0.00543. The smallest absolute Gasteiger partial charge is 0.387 e. The molecular weight excluding hydrogens is 386 g/mol. The van der Waals surface area contributed by atoms with Gasteiger partial charge in [-0.1, -0.05) is 18.2 Å². The lowest BCUT2D eigenvalue weighted by Gasteiger charge is -2.25. The molecule has 2 aromatic rings. The minimum atomic E-state index is -2.99. The third kappa shape index (κ3) is 4.61. The van der Waals surface area contributed by atoms with Gasteiger partial charge in [0.25, 0.3) is 0 Å². The molecular formula is C20H20F2N2O5. The Morgan fingerprint density at radius 1 is 1.10 bits per heavy atom. The highest BCUT2D eigenvalue weighted by atomic mass is 19.3. The van der Waals surface area contributed by atoms with Crippen LogP contribution in [0.5, 0.6) is 23.0 Å². The Bertz CT molecular complexity index is 893. The Morgan fingerprint density at radius 3 is 2.72 bits per heavy atom. The second kappa shape index (κ2) is 8.42. The molecule has 7 nitrogen and oxygen atoms in total. The Balaban J connectivity index is 1.31. The van der Waals surface area contributed by atoms with Crippen molar-refractivity contribution in [3.05, 3.63) is 47.5 Å². The Kier molecular flexibility index (Phi) is 5.55. The number of para-hydroxylation sites is 1. The van der Waals surface area contributed by atoms with Crippen molar-refractivity contribution in [2.45, 2.75) is 19.6 Å². The van der Waals surface area contributed by atoms with Gasteiger partial charge in [-0.3, -0.25) is 0 Å². The van der Waals surface area contributed by atoms with Crippen molar-refractivity contribution >= 4 is 6.03 Å². The van der Waals surface area contributed by atoms with E-state index in [0.717, 1.165) is 17.7 Å². The van der Waals surface area contributed by atoms with Gasteiger partial charge in [0.15, 0.2) is 11.5 Å². The minimum Gasteiger partial charge on any atom is -0.493 e. The van der Waals surface area contributed by atoms with Crippen molar-refractivity contribution in [1.82, 2.24) is 10.6 Å². The molecule has 1 unspecified atom stereocenters. The summed E-state index contributed by atoms with van der Waals surface area (Å²) in [6, 6.07) is 10.3. The zero-order chi connectivity index (χ0) is 20.2. The maximum atomic E-state index is 12.7. The summed E-state index contributed by atoms with van der Waals surface area (Å²) < 4.78 is 46.0. The van der Waals surface area contributed by atoms with Crippen molar-refractivity contribution in [1.29, 1.82) is 0 Å². The van der Waals surface area contributed by atoms with Crippen molar-refractivity contribution in [3.63, 3.8) is 0 Å². The second-order valence-corrected chi connectivity index (χ2v) is 6.74. The number of hydrogen-bond acceptors (Lipinski definition) is 5. The molecule has 29 heavy (non-hydrogen) atoms. The van der Waals surface area contributed by atoms with Crippen molar-refractivity contribution in [3.8, 4) is 23.0 Å². The number of ether oxygens (including phenoxy) is 4. The van der Waals surface area contributed by atoms with Gasteiger partial charge in [-0.05, 0) is 24.1 Å². The SMILES string of the molecule is O=C(NCc1cc2c(cc1OC(F)F)OCO2)NCC1COc2ccccc2C1. The van der Waals surface area contributed by atoms with Crippen LogP contribution in [0.2, 0.25) is 0 Å². The van der Waals surface area contributed by atoms with Crippen LogP contribution in [0.4, 0.5) is 13.6 Å². The lowest BCUT2D eigenvalue weighted by Crippen LogP contribution is -2.40. The number of amides is 2. The predicted octanol–water partition coefficient (Wildman–Crippen LogP) is 3.07. The normalized spacial score (nSPS) is 16.7.